The van der Waals surface area contributed by atoms with Crippen molar-refractivity contribution in [2.45, 2.75) is 6.42 Å². The molecule has 1 atom stereocenters. The van der Waals surface area contributed by atoms with Crippen molar-refractivity contribution in [1.29, 1.82) is 0 Å². The van der Waals surface area contributed by atoms with Crippen LogP contribution in [-0.2, 0) is 15.7 Å². The van der Waals surface area contributed by atoms with Crippen LogP contribution in [-0.4, -0.2) is 19.1 Å². The fourth-order valence-electron chi connectivity index (χ4n) is 1.16. The van der Waals surface area contributed by atoms with E-state index in [0.29, 0.717) is 12.6 Å². The Morgan fingerprint density at radius 1 is 1.47 bits per heavy atom. The van der Waals surface area contributed by atoms with E-state index in [9.17, 15) is 4.79 Å². The van der Waals surface area contributed by atoms with E-state index in [1.807, 2.05) is 24.3 Å². The Morgan fingerprint density at radius 3 is 2.67 bits per heavy atom. The van der Waals surface area contributed by atoms with Crippen LogP contribution in [0.15, 0.2) is 24.3 Å². The maximum atomic E-state index is 11.4. The number of hydrogen-bond donors (Lipinski definition) is 2. The minimum atomic E-state index is 0.198. The Labute approximate surface area is 91.0 Å². The second-order valence-corrected chi connectivity index (χ2v) is 4.13. The number of nitrogens with two attached hydrogens (primary N) is 1. The van der Waals surface area contributed by atoms with Crippen LogP contribution in [0.25, 0.3) is 0 Å². The summed E-state index contributed by atoms with van der Waals surface area (Å²) in [5.74, 6) is 5.43. The molecule has 0 aliphatic heterocycles. The van der Waals surface area contributed by atoms with Crippen molar-refractivity contribution >= 4 is 20.3 Å². The van der Waals surface area contributed by atoms with Crippen molar-refractivity contribution in [2.24, 2.45) is 5.84 Å². The molecule has 4 nitrogen and oxygen atoms in total. The Bertz CT molecular complexity index is 314. The van der Waals surface area contributed by atoms with Gasteiger partial charge in [-0.1, -0.05) is 12.1 Å². The van der Waals surface area contributed by atoms with Crippen LogP contribution in [0.5, 0.6) is 0 Å². The number of carbonyl (C=O) groups excluding carboxylic acids is 1. The molecule has 82 valence electrons. The third-order valence-electron chi connectivity index (χ3n) is 1.94. The molecule has 1 aromatic rings. The van der Waals surface area contributed by atoms with E-state index < -0.39 is 0 Å². The summed E-state index contributed by atoms with van der Waals surface area (Å²) in [5, 5.41) is 0. The van der Waals surface area contributed by atoms with E-state index in [0.717, 1.165) is 11.3 Å². The summed E-state index contributed by atoms with van der Waals surface area (Å²) < 4.78 is 4.87. The predicted octanol–water partition coefficient (Wildman–Crippen LogP) is 1.32. The molecule has 5 heteroatoms. The smallest absolute Gasteiger partial charge is 0.143 e. The molecular weight excluding hydrogens is 211 g/mol. The van der Waals surface area contributed by atoms with E-state index in [2.05, 4.69) is 5.43 Å². The molecule has 0 saturated carbocycles. The van der Waals surface area contributed by atoms with Gasteiger partial charge in [-0.3, -0.25) is 10.6 Å². The molecule has 0 spiro atoms. The minimum Gasteiger partial charge on any atom is -0.365 e. The quantitative estimate of drug-likeness (QED) is 0.436. The zero-order valence-electron chi connectivity index (χ0n) is 8.62. The number of rotatable bonds is 6. The lowest BCUT2D eigenvalue weighted by atomic mass is 10.1. The largest absolute Gasteiger partial charge is 0.365 e. The average Bonchev–Trinajstić information content (AvgIpc) is 2.27. The molecule has 0 saturated heterocycles. The van der Waals surface area contributed by atoms with Gasteiger partial charge >= 0.3 is 0 Å². The molecular formula is C10H15N2O2P. The van der Waals surface area contributed by atoms with Crippen molar-refractivity contribution in [3.05, 3.63) is 29.8 Å². The van der Waals surface area contributed by atoms with Crippen molar-refractivity contribution in [2.75, 3.05) is 18.7 Å². The number of nitrogens with one attached hydrogen (secondary N) is 1. The normalized spacial score (nSPS) is 10.8. The van der Waals surface area contributed by atoms with Gasteiger partial charge in [0.15, 0.2) is 0 Å². The Balaban J connectivity index is 2.46. The summed E-state index contributed by atoms with van der Waals surface area (Å²) in [5.41, 5.74) is 4.38. The van der Waals surface area contributed by atoms with Crippen molar-refractivity contribution < 1.29 is 9.32 Å². The highest BCUT2D eigenvalue weighted by Gasteiger charge is 2.03. The van der Waals surface area contributed by atoms with E-state index in [-0.39, 0.29) is 14.6 Å². The van der Waals surface area contributed by atoms with Crippen LogP contribution in [0.4, 0.5) is 5.69 Å². The third-order valence-corrected chi connectivity index (χ3v) is 2.76. The molecule has 0 aliphatic rings. The highest BCUT2D eigenvalue weighted by molar-refractivity contribution is 7.33. The number of anilines is 1. The highest BCUT2D eigenvalue weighted by Crippen LogP contribution is 2.12. The first-order valence-corrected chi connectivity index (χ1v) is 5.71. The number of Topliss-reactive ketones (excluding diaryl/α,β-unsaturated/α-hetero) is 1. The fourth-order valence-corrected chi connectivity index (χ4v) is 1.59. The van der Waals surface area contributed by atoms with Crippen LogP contribution in [0.1, 0.15) is 5.56 Å². The lowest BCUT2D eigenvalue weighted by Crippen LogP contribution is -2.07. The number of ketones is 1. The maximum absolute atomic E-state index is 11.4. The van der Waals surface area contributed by atoms with E-state index in [4.69, 9.17) is 10.4 Å². The minimum absolute atomic E-state index is 0.198. The average molecular weight is 226 g/mol. The van der Waals surface area contributed by atoms with Gasteiger partial charge in [-0.05, 0) is 17.7 Å². The summed E-state index contributed by atoms with van der Waals surface area (Å²) in [7, 11) is 1.87. The van der Waals surface area contributed by atoms with Crippen molar-refractivity contribution in [1.82, 2.24) is 0 Å². The monoisotopic (exact) mass is 226 g/mol. The second-order valence-electron chi connectivity index (χ2n) is 3.08. The van der Waals surface area contributed by atoms with Gasteiger partial charge in [0.2, 0.25) is 0 Å². The Morgan fingerprint density at radius 2 is 2.13 bits per heavy atom. The van der Waals surface area contributed by atoms with Crippen molar-refractivity contribution in [3.63, 3.8) is 0 Å². The van der Waals surface area contributed by atoms with Crippen LogP contribution in [0.2, 0.25) is 0 Å². The maximum Gasteiger partial charge on any atom is 0.143 e. The molecule has 0 bridgehead atoms. The van der Waals surface area contributed by atoms with Gasteiger partial charge < -0.3 is 9.95 Å². The molecule has 0 amide bonds. The summed E-state index contributed by atoms with van der Waals surface area (Å²) in [6.07, 6.45) is 0.953. The van der Waals surface area contributed by atoms with Gasteiger partial charge in [-0.25, -0.2) is 0 Å². The van der Waals surface area contributed by atoms with Crippen molar-refractivity contribution in [3.8, 4) is 0 Å². The molecule has 3 N–H and O–H groups in total. The van der Waals surface area contributed by atoms with Gasteiger partial charge in [-0.2, -0.15) is 0 Å². The summed E-state index contributed by atoms with van der Waals surface area (Å²) in [6.45, 7) is 0. The van der Waals surface area contributed by atoms with Crippen LogP contribution < -0.4 is 11.3 Å². The zero-order valence-corrected chi connectivity index (χ0v) is 9.62. The number of carbonyl (C=O) groups is 1. The first-order valence-electron chi connectivity index (χ1n) is 4.59. The van der Waals surface area contributed by atoms with Gasteiger partial charge in [0.25, 0.3) is 0 Å². The topological polar surface area (TPSA) is 64.3 Å². The van der Waals surface area contributed by atoms with E-state index in [1.165, 1.54) is 0 Å². The van der Waals surface area contributed by atoms with Gasteiger partial charge in [0.05, 0.1) is 0 Å². The molecule has 0 aliphatic carbocycles. The molecule has 0 heterocycles. The van der Waals surface area contributed by atoms with Crippen LogP contribution >= 0.6 is 8.81 Å². The molecule has 0 radical (unpaired) electrons. The number of hydrazine groups is 1. The van der Waals surface area contributed by atoms with Crippen LogP contribution in [0.3, 0.4) is 0 Å². The number of benzene rings is 1. The molecule has 1 unspecified atom stereocenters. The lowest BCUT2D eigenvalue weighted by Gasteiger charge is -2.03. The SMILES string of the molecule is COPCC(=O)Cc1ccc(NN)cc1. The Kier molecular flexibility index (Phi) is 5.26. The predicted molar refractivity (Wildman–Crippen MR) is 63.2 cm³/mol. The summed E-state index contributed by atoms with van der Waals surface area (Å²) in [6, 6.07) is 7.48. The molecule has 0 fully saturated rings. The number of nitrogen functional groups attached to an aromatic ring is 1. The first-order chi connectivity index (χ1) is 7.26. The van der Waals surface area contributed by atoms with E-state index >= 15 is 0 Å². The fraction of sp³-hybridized carbons (Fsp3) is 0.300. The standard InChI is InChI=1S/C10H15N2O2P/c1-14-15-7-10(13)6-8-2-4-9(12-11)5-3-8/h2-5,12,15H,6-7,11H2,1H3. The molecule has 1 rings (SSSR count). The van der Waals surface area contributed by atoms with Gasteiger partial charge in [0, 0.05) is 34.2 Å². The third kappa shape index (κ3) is 4.38. The molecule has 0 aromatic heterocycles. The summed E-state index contributed by atoms with van der Waals surface area (Å²) >= 11 is 0. The van der Waals surface area contributed by atoms with Crippen LogP contribution in [0, 0.1) is 0 Å². The second kappa shape index (κ2) is 6.51. The zero-order chi connectivity index (χ0) is 11.1. The summed E-state index contributed by atoms with van der Waals surface area (Å²) in [4.78, 5) is 11.4. The lowest BCUT2D eigenvalue weighted by molar-refractivity contribution is -0.116. The molecule has 15 heavy (non-hydrogen) atoms. The molecule has 1 aromatic carbocycles. The Hall–Kier alpha value is -0.960. The van der Waals surface area contributed by atoms with Gasteiger partial charge in [-0.15, -0.1) is 0 Å². The first kappa shape index (κ1) is 12.1. The van der Waals surface area contributed by atoms with E-state index in [1.54, 1.807) is 7.11 Å². The number of hydrogen-bond acceptors (Lipinski definition) is 4. The highest BCUT2D eigenvalue weighted by atomic mass is 31.1. The van der Waals surface area contributed by atoms with Gasteiger partial charge in [0.1, 0.15) is 5.78 Å².